The highest BCUT2D eigenvalue weighted by molar-refractivity contribution is 8.17. The fraction of sp³-hybridized carbons (Fsp3) is 0.588. The predicted molar refractivity (Wildman–Crippen MR) is 103 cm³/mol. The first kappa shape index (κ1) is 21.3. The van der Waals surface area contributed by atoms with E-state index in [-0.39, 0.29) is 4.58 Å². The van der Waals surface area contributed by atoms with E-state index >= 15 is 0 Å². The molecule has 2 N–H and O–H groups in total. The smallest absolute Gasteiger partial charge is 0.121 e. The molecule has 0 bridgehead atoms. The summed E-state index contributed by atoms with van der Waals surface area (Å²) in [5.41, 5.74) is 0.980. The molecule has 0 aliphatic rings. The Morgan fingerprint density at radius 1 is 1.12 bits per heavy atom. The maximum absolute atomic E-state index is 10.7. The van der Waals surface area contributed by atoms with Gasteiger partial charge < -0.3 is 19.8 Å². The van der Waals surface area contributed by atoms with Gasteiger partial charge in [-0.15, -0.1) is 23.5 Å². The molecule has 0 amide bonds. The van der Waals surface area contributed by atoms with Crippen molar-refractivity contribution in [3.8, 4) is 0 Å². The molecule has 0 unspecified atom stereocenters. The molecule has 0 saturated heterocycles. The summed E-state index contributed by atoms with van der Waals surface area (Å²) in [5.74, 6) is 1.75. The van der Waals surface area contributed by atoms with Gasteiger partial charge in [0.05, 0.1) is 17.4 Å². The van der Waals surface area contributed by atoms with E-state index in [9.17, 15) is 10.2 Å². The lowest BCUT2D eigenvalue weighted by molar-refractivity contribution is -0.0807. The summed E-state index contributed by atoms with van der Waals surface area (Å²) >= 11 is 3.29. The van der Waals surface area contributed by atoms with Gasteiger partial charge in [0.2, 0.25) is 0 Å². The van der Waals surface area contributed by atoms with Gasteiger partial charge >= 0.3 is 0 Å². The first-order chi connectivity index (χ1) is 11.6. The number of aliphatic hydroxyl groups excluding tert-OH is 2. The van der Waals surface area contributed by atoms with Gasteiger partial charge in [-0.3, -0.25) is 0 Å². The number of nitrogens with zero attached hydrogens (tertiary/aromatic N) is 1. The number of benzene rings is 1. The lowest BCUT2D eigenvalue weighted by Crippen LogP contribution is -2.45. The van der Waals surface area contributed by atoms with Crippen LogP contribution in [0.2, 0.25) is 0 Å². The van der Waals surface area contributed by atoms with E-state index < -0.39 is 18.3 Å². The number of hydrogen-bond acceptors (Lipinski definition) is 7. The largest absolute Gasteiger partial charge is 0.399 e. The fourth-order valence-corrected chi connectivity index (χ4v) is 4.67. The average Bonchev–Trinajstić information content (AvgIpc) is 2.60. The van der Waals surface area contributed by atoms with Crippen molar-refractivity contribution in [3.63, 3.8) is 0 Å². The minimum atomic E-state index is -1.05. The van der Waals surface area contributed by atoms with Crippen molar-refractivity contribution in [2.75, 3.05) is 18.6 Å². The lowest BCUT2D eigenvalue weighted by atomic mass is 10.1. The zero-order valence-corrected chi connectivity index (χ0v) is 16.0. The molecule has 1 aromatic carbocycles. The second-order valence-corrected chi connectivity index (χ2v) is 8.09. The van der Waals surface area contributed by atoms with Crippen LogP contribution in [0.5, 0.6) is 0 Å². The van der Waals surface area contributed by atoms with E-state index in [1.54, 1.807) is 23.5 Å². The molecular formula is C17H27NO4S2. The zero-order valence-electron chi connectivity index (χ0n) is 14.4. The Labute approximate surface area is 152 Å². The highest BCUT2D eigenvalue weighted by atomic mass is 32.2. The maximum atomic E-state index is 10.7. The number of oxime groups is 1. The van der Waals surface area contributed by atoms with Gasteiger partial charge in [0.1, 0.15) is 25.4 Å². The van der Waals surface area contributed by atoms with Crippen LogP contribution >= 0.6 is 23.5 Å². The van der Waals surface area contributed by atoms with Crippen LogP contribution in [0, 0.1) is 0 Å². The Bertz CT molecular complexity index is 455. The standard InChI is InChI=1S/C17H27NO4S2/c1-4-23-17(24-5-2)15(20)16(14(19)11-18-21-3)22-12-13-9-7-6-8-10-13/h6-11,14-17,19-20H,4-5,12H2,1-3H3/b18-11-/t14-,15-,16-/m1/s1. The van der Waals surface area contributed by atoms with Crippen molar-refractivity contribution in [2.45, 2.75) is 43.3 Å². The summed E-state index contributed by atoms with van der Waals surface area (Å²) in [7, 11) is 1.40. The summed E-state index contributed by atoms with van der Waals surface area (Å²) in [4.78, 5) is 4.62. The van der Waals surface area contributed by atoms with Crippen LogP contribution in [-0.4, -0.2) is 57.9 Å². The molecule has 7 heteroatoms. The highest BCUT2D eigenvalue weighted by Gasteiger charge is 2.33. The van der Waals surface area contributed by atoms with E-state index in [0.29, 0.717) is 6.61 Å². The van der Waals surface area contributed by atoms with Gasteiger partial charge in [-0.2, -0.15) is 0 Å². The van der Waals surface area contributed by atoms with Gasteiger partial charge in [-0.1, -0.05) is 49.3 Å². The quantitative estimate of drug-likeness (QED) is 0.333. The average molecular weight is 374 g/mol. The van der Waals surface area contributed by atoms with Crippen molar-refractivity contribution in [1.82, 2.24) is 0 Å². The molecule has 136 valence electrons. The molecule has 0 aliphatic heterocycles. The Hall–Kier alpha value is -0.730. The van der Waals surface area contributed by atoms with Gasteiger partial charge in [0.25, 0.3) is 0 Å². The van der Waals surface area contributed by atoms with E-state index in [2.05, 4.69) is 9.99 Å². The van der Waals surface area contributed by atoms with Crippen LogP contribution in [0.25, 0.3) is 0 Å². The second-order valence-electron chi connectivity index (χ2n) is 4.96. The van der Waals surface area contributed by atoms with Crippen molar-refractivity contribution >= 4 is 29.7 Å². The zero-order chi connectivity index (χ0) is 17.8. The summed E-state index contributed by atoms with van der Waals surface area (Å²) < 4.78 is 5.77. The molecule has 0 heterocycles. The molecule has 0 aromatic heterocycles. The van der Waals surface area contributed by atoms with E-state index in [4.69, 9.17) is 4.74 Å². The minimum Gasteiger partial charge on any atom is -0.399 e. The van der Waals surface area contributed by atoms with Crippen molar-refractivity contribution < 1.29 is 19.8 Å². The van der Waals surface area contributed by atoms with E-state index in [1.807, 2.05) is 44.2 Å². The summed E-state index contributed by atoms with van der Waals surface area (Å²) in [6.07, 6.45) is -1.42. The summed E-state index contributed by atoms with van der Waals surface area (Å²) in [6, 6.07) is 9.67. The Kier molecular flexibility index (Phi) is 11.2. The molecule has 0 saturated carbocycles. The third-order valence-corrected chi connectivity index (χ3v) is 5.92. The van der Waals surface area contributed by atoms with Crippen LogP contribution in [0.4, 0.5) is 0 Å². The van der Waals surface area contributed by atoms with Crippen molar-refractivity contribution in [3.05, 3.63) is 35.9 Å². The van der Waals surface area contributed by atoms with Gasteiger partial charge in [0, 0.05) is 0 Å². The molecular weight excluding hydrogens is 346 g/mol. The maximum Gasteiger partial charge on any atom is 0.121 e. The van der Waals surface area contributed by atoms with Crippen molar-refractivity contribution in [2.24, 2.45) is 5.16 Å². The monoisotopic (exact) mass is 373 g/mol. The lowest BCUT2D eigenvalue weighted by Gasteiger charge is -2.30. The topological polar surface area (TPSA) is 71.3 Å². The van der Waals surface area contributed by atoms with E-state index in [0.717, 1.165) is 17.1 Å². The third-order valence-electron chi connectivity index (χ3n) is 3.22. The van der Waals surface area contributed by atoms with Gasteiger partial charge in [-0.05, 0) is 17.1 Å². The van der Waals surface area contributed by atoms with Crippen LogP contribution in [-0.2, 0) is 16.2 Å². The Morgan fingerprint density at radius 2 is 1.75 bits per heavy atom. The number of hydrogen-bond donors (Lipinski definition) is 2. The molecule has 3 atom stereocenters. The summed E-state index contributed by atoms with van der Waals surface area (Å²) in [6.45, 7) is 4.40. The first-order valence-electron chi connectivity index (χ1n) is 7.95. The second kappa shape index (κ2) is 12.6. The van der Waals surface area contributed by atoms with Crippen LogP contribution in [0.15, 0.2) is 35.5 Å². The molecule has 0 radical (unpaired) electrons. The van der Waals surface area contributed by atoms with Gasteiger partial charge in [0.15, 0.2) is 0 Å². The fourth-order valence-electron chi connectivity index (χ4n) is 2.10. The number of ether oxygens (including phenoxy) is 1. The Morgan fingerprint density at radius 3 is 2.29 bits per heavy atom. The third kappa shape index (κ3) is 7.44. The number of aliphatic hydroxyl groups is 2. The molecule has 5 nitrogen and oxygen atoms in total. The number of thioether (sulfide) groups is 2. The normalized spacial score (nSPS) is 15.6. The molecule has 0 fully saturated rings. The van der Waals surface area contributed by atoms with Gasteiger partial charge in [-0.25, -0.2) is 0 Å². The Balaban J connectivity index is 2.83. The highest BCUT2D eigenvalue weighted by Crippen LogP contribution is 2.30. The van der Waals surface area contributed by atoms with Crippen LogP contribution in [0.3, 0.4) is 0 Å². The van der Waals surface area contributed by atoms with Crippen LogP contribution < -0.4 is 0 Å². The summed E-state index contributed by atoms with van der Waals surface area (Å²) in [5, 5.41) is 24.7. The van der Waals surface area contributed by atoms with Crippen LogP contribution in [0.1, 0.15) is 19.4 Å². The molecule has 24 heavy (non-hydrogen) atoms. The molecule has 0 aliphatic carbocycles. The predicted octanol–water partition coefficient (Wildman–Crippen LogP) is 2.76. The molecule has 1 rings (SSSR count). The first-order valence-corrected chi connectivity index (χ1v) is 10.0. The van der Waals surface area contributed by atoms with E-state index in [1.165, 1.54) is 13.3 Å². The molecule has 1 aromatic rings. The molecule has 0 spiro atoms. The SMILES string of the molecule is CCSC(SCC)[C@H](O)[C@H](OCc1ccccc1)[C@H](O)/C=N\OC. The minimum absolute atomic E-state index is 0.0774. The van der Waals surface area contributed by atoms with Crippen molar-refractivity contribution in [1.29, 1.82) is 0 Å². The number of rotatable bonds is 12.